The van der Waals surface area contributed by atoms with Crippen molar-refractivity contribution in [3.05, 3.63) is 53.8 Å². The molecule has 0 unspecified atom stereocenters. The van der Waals surface area contributed by atoms with Gasteiger partial charge >= 0.3 is 0 Å². The number of benzene rings is 2. The summed E-state index contributed by atoms with van der Waals surface area (Å²) in [6.07, 6.45) is 3.01. The lowest BCUT2D eigenvalue weighted by atomic mass is 10.0. The topological polar surface area (TPSA) is 70.1 Å². The average Bonchev–Trinajstić information content (AvgIpc) is 3.31. The van der Waals surface area contributed by atoms with Gasteiger partial charge in [0.25, 0.3) is 0 Å². The van der Waals surface area contributed by atoms with Crippen LogP contribution in [0.3, 0.4) is 0 Å². The maximum absolute atomic E-state index is 14.8. The highest BCUT2D eigenvalue weighted by Gasteiger charge is 2.40. The standard InChI is InChI=1S/C22H22FN3O3/c23-18-13-15(24-14-17-16-3-1-2-4-19(16)25-21(17)27)5-6-20(18)26-9-7-22(8-10-26)28-11-12-29-22/h1-6,13-14,25,27H,7-12H2. The Labute approximate surface area is 167 Å². The minimum absolute atomic E-state index is 0.0469. The summed E-state index contributed by atoms with van der Waals surface area (Å²) in [5.41, 5.74) is 2.47. The van der Waals surface area contributed by atoms with Crippen LogP contribution in [0.4, 0.5) is 15.8 Å². The Balaban J connectivity index is 1.33. The number of H-pyrrole nitrogens is 1. The first-order valence-corrected chi connectivity index (χ1v) is 9.80. The summed E-state index contributed by atoms with van der Waals surface area (Å²) in [7, 11) is 0. The van der Waals surface area contributed by atoms with E-state index in [4.69, 9.17) is 9.47 Å². The van der Waals surface area contributed by atoms with Gasteiger partial charge < -0.3 is 24.5 Å². The number of fused-ring (bicyclic) bond motifs is 1. The van der Waals surface area contributed by atoms with Crippen LogP contribution in [0.25, 0.3) is 10.9 Å². The summed E-state index contributed by atoms with van der Waals surface area (Å²) in [4.78, 5) is 9.29. The third kappa shape index (κ3) is 3.36. The lowest BCUT2D eigenvalue weighted by molar-refractivity contribution is -0.169. The van der Waals surface area contributed by atoms with Crippen LogP contribution in [0.15, 0.2) is 47.5 Å². The minimum atomic E-state index is -0.474. The lowest BCUT2D eigenvalue weighted by Crippen LogP contribution is -2.45. The molecule has 0 atom stereocenters. The van der Waals surface area contributed by atoms with Crippen molar-refractivity contribution in [1.29, 1.82) is 0 Å². The van der Waals surface area contributed by atoms with Crippen LogP contribution in [0, 0.1) is 5.82 Å². The molecule has 2 N–H and O–H groups in total. The number of piperidine rings is 1. The zero-order valence-corrected chi connectivity index (χ0v) is 15.9. The molecule has 0 saturated carbocycles. The van der Waals surface area contributed by atoms with Crippen molar-refractivity contribution in [3.8, 4) is 5.88 Å². The maximum Gasteiger partial charge on any atom is 0.198 e. The average molecular weight is 395 g/mol. The van der Waals surface area contributed by atoms with Gasteiger partial charge in [0.1, 0.15) is 5.82 Å². The number of hydrogen-bond acceptors (Lipinski definition) is 5. The Morgan fingerprint density at radius 1 is 1.10 bits per heavy atom. The van der Waals surface area contributed by atoms with Gasteiger partial charge in [-0.1, -0.05) is 18.2 Å². The molecule has 3 heterocycles. The first-order chi connectivity index (χ1) is 14.1. The molecule has 1 spiro atoms. The van der Waals surface area contributed by atoms with Gasteiger partial charge in [-0.3, -0.25) is 4.99 Å². The van der Waals surface area contributed by atoms with Crippen LogP contribution >= 0.6 is 0 Å². The van der Waals surface area contributed by atoms with Gasteiger partial charge in [-0.15, -0.1) is 0 Å². The van der Waals surface area contributed by atoms with Crippen LogP contribution in [0.5, 0.6) is 5.88 Å². The Bertz CT molecular complexity index is 1060. The molecule has 0 radical (unpaired) electrons. The highest BCUT2D eigenvalue weighted by Crippen LogP contribution is 2.35. The van der Waals surface area contributed by atoms with Gasteiger partial charge in [-0.05, 0) is 18.2 Å². The molecule has 150 valence electrons. The van der Waals surface area contributed by atoms with Gasteiger partial charge in [0.05, 0.1) is 30.2 Å². The van der Waals surface area contributed by atoms with E-state index < -0.39 is 5.79 Å². The molecule has 2 aromatic carbocycles. The minimum Gasteiger partial charge on any atom is -0.494 e. The predicted octanol–water partition coefficient (Wildman–Crippen LogP) is 4.11. The number of nitrogens with one attached hydrogen (secondary N) is 1. The summed E-state index contributed by atoms with van der Waals surface area (Å²) in [5.74, 6) is -0.740. The fourth-order valence-electron chi connectivity index (χ4n) is 4.13. The van der Waals surface area contributed by atoms with Gasteiger partial charge in [0.2, 0.25) is 0 Å². The molecule has 2 aliphatic rings. The first kappa shape index (κ1) is 18.1. The second kappa shape index (κ2) is 7.17. The smallest absolute Gasteiger partial charge is 0.198 e. The molecule has 2 aliphatic heterocycles. The number of aromatic nitrogens is 1. The van der Waals surface area contributed by atoms with Crippen molar-refractivity contribution in [1.82, 2.24) is 4.98 Å². The molecule has 2 fully saturated rings. The van der Waals surface area contributed by atoms with Crippen molar-refractivity contribution in [2.75, 3.05) is 31.2 Å². The second-order valence-corrected chi connectivity index (χ2v) is 7.42. The van der Waals surface area contributed by atoms with E-state index in [9.17, 15) is 9.50 Å². The summed E-state index contributed by atoms with van der Waals surface area (Å²) >= 11 is 0. The van der Waals surface area contributed by atoms with E-state index in [2.05, 4.69) is 9.98 Å². The van der Waals surface area contributed by atoms with Gasteiger partial charge in [0, 0.05) is 49.1 Å². The number of para-hydroxylation sites is 1. The van der Waals surface area contributed by atoms with Gasteiger partial charge in [0.15, 0.2) is 11.7 Å². The molecule has 1 aromatic heterocycles. The first-order valence-electron chi connectivity index (χ1n) is 9.80. The van der Waals surface area contributed by atoms with Crippen molar-refractivity contribution in [2.24, 2.45) is 4.99 Å². The quantitative estimate of drug-likeness (QED) is 0.655. The van der Waals surface area contributed by atoms with Crippen LogP contribution in [0.2, 0.25) is 0 Å². The van der Waals surface area contributed by atoms with Crippen molar-refractivity contribution in [2.45, 2.75) is 18.6 Å². The highest BCUT2D eigenvalue weighted by atomic mass is 19.1. The molecule has 0 aliphatic carbocycles. The number of aromatic hydroxyl groups is 1. The number of rotatable bonds is 3. The molecule has 0 amide bonds. The van der Waals surface area contributed by atoms with Crippen LogP contribution in [-0.2, 0) is 9.47 Å². The summed E-state index contributed by atoms with van der Waals surface area (Å²) in [6, 6.07) is 12.5. The van der Waals surface area contributed by atoms with Gasteiger partial charge in [-0.25, -0.2) is 4.39 Å². The van der Waals surface area contributed by atoms with Crippen molar-refractivity contribution in [3.63, 3.8) is 0 Å². The molecular weight excluding hydrogens is 373 g/mol. The SMILES string of the molecule is Oc1[nH]c2ccccc2c1C=Nc1ccc(N2CCC3(CC2)OCCO3)c(F)c1. The van der Waals surface area contributed by atoms with Crippen LogP contribution < -0.4 is 4.90 Å². The Kier molecular flexibility index (Phi) is 4.49. The number of hydrogen-bond donors (Lipinski definition) is 2. The van der Waals surface area contributed by atoms with Crippen LogP contribution in [0.1, 0.15) is 18.4 Å². The Hall–Kier alpha value is -2.90. The lowest BCUT2D eigenvalue weighted by Gasteiger charge is -2.38. The summed E-state index contributed by atoms with van der Waals surface area (Å²) < 4.78 is 26.2. The molecule has 6 nitrogen and oxygen atoms in total. The maximum atomic E-state index is 14.8. The molecular formula is C22H22FN3O3. The highest BCUT2D eigenvalue weighted by molar-refractivity contribution is 6.02. The molecule has 0 bridgehead atoms. The molecule has 2 saturated heterocycles. The zero-order valence-electron chi connectivity index (χ0n) is 15.9. The largest absolute Gasteiger partial charge is 0.494 e. The number of ether oxygens (including phenoxy) is 2. The van der Waals surface area contributed by atoms with E-state index in [1.807, 2.05) is 29.2 Å². The number of aliphatic imine (C=N–C) groups is 1. The van der Waals surface area contributed by atoms with E-state index in [0.29, 0.717) is 43.2 Å². The third-order valence-corrected chi connectivity index (χ3v) is 5.68. The van der Waals surface area contributed by atoms with Crippen LogP contribution in [-0.4, -0.2) is 48.4 Å². The monoisotopic (exact) mass is 395 g/mol. The fourth-order valence-corrected chi connectivity index (χ4v) is 4.13. The third-order valence-electron chi connectivity index (χ3n) is 5.68. The molecule has 7 heteroatoms. The van der Waals surface area contributed by atoms with Crippen molar-refractivity contribution < 1.29 is 19.0 Å². The molecule has 5 rings (SSSR count). The van der Waals surface area contributed by atoms with E-state index in [0.717, 1.165) is 23.7 Å². The number of halogens is 1. The normalized spacial score (nSPS) is 19.0. The zero-order chi connectivity index (χ0) is 19.8. The van der Waals surface area contributed by atoms with E-state index in [1.165, 1.54) is 6.07 Å². The Morgan fingerprint density at radius 2 is 1.86 bits per heavy atom. The second-order valence-electron chi connectivity index (χ2n) is 7.42. The fraction of sp³-hybridized carbons (Fsp3) is 0.318. The Morgan fingerprint density at radius 3 is 2.62 bits per heavy atom. The van der Waals surface area contributed by atoms with E-state index in [-0.39, 0.29) is 11.7 Å². The summed E-state index contributed by atoms with van der Waals surface area (Å²) in [5, 5.41) is 11.0. The number of anilines is 1. The van der Waals surface area contributed by atoms with Crippen molar-refractivity contribution >= 4 is 28.5 Å². The predicted molar refractivity (Wildman–Crippen MR) is 110 cm³/mol. The molecule has 29 heavy (non-hydrogen) atoms. The van der Waals surface area contributed by atoms with E-state index in [1.54, 1.807) is 18.3 Å². The summed E-state index contributed by atoms with van der Waals surface area (Å²) in [6.45, 7) is 2.63. The molecule has 3 aromatic rings. The van der Waals surface area contributed by atoms with E-state index >= 15 is 0 Å². The number of aromatic amines is 1. The van der Waals surface area contributed by atoms with Gasteiger partial charge in [-0.2, -0.15) is 0 Å². The number of nitrogens with zero attached hydrogens (tertiary/aromatic N) is 2.